The van der Waals surface area contributed by atoms with Gasteiger partial charge >= 0.3 is 0 Å². The molecule has 0 aromatic heterocycles. The minimum absolute atomic E-state index is 0.00675. The number of rotatable bonds is 8. The minimum Gasteiger partial charge on any atom is -0.396 e. The van der Waals surface area contributed by atoms with Gasteiger partial charge in [-0.2, -0.15) is 0 Å². The predicted octanol–water partition coefficient (Wildman–Crippen LogP) is 2.25. The number of hydrogen-bond acceptors (Lipinski definition) is 3. The lowest BCUT2D eigenvalue weighted by atomic mass is 10.1. The van der Waals surface area contributed by atoms with Crippen molar-refractivity contribution in [2.24, 2.45) is 0 Å². The molecule has 1 aromatic rings. The third-order valence-corrected chi connectivity index (χ3v) is 4.52. The highest BCUT2D eigenvalue weighted by Crippen LogP contribution is 2.20. The summed E-state index contributed by atoms with van der Waals surface area (Å²) in [6, 6.07) is 3.77. The maximum atomic E-state index is 13.7. The Hall–Kier alpha value is -1.53. The standard InChI is InChI=1S/C18H26F2N2O2/c1-13(11-15-16(19)7-2-8-17(15)20)21-18(24)12-22-9-3-5-14(22)6-4-10-23/h2,7-8,13-14,23H,3-6,9-12H2,1H3,(H,21,24). The molecule has 1 aromatic carbocycles. The number of aliphatic hydroxyl groups is 1. The average Bonchev–Trinajstić information content (AvgIpc) is 2.96. The number of nitrogens with zero attached hydrogens (tertiary/aromatic N) is 1. The van der Waals surface area contributed by atoms with Gasteiger partial charge in [0.1, 0.15) is 11.6 Å². The zero-order valence-electron chi connectivity index (χ0n) is 14.1. The van der Waals surface area contributed by atoms with Gasteiger partial charge in [0.05, 0.1) is 6.54 Å². The smallest absolute Gasteiger partial charge is 0.234 e. The van der Waals surface area contributed by atoms with Gasteiger partial charge in [0.15, 0.2) is 0 Å². The first-order valence-electron chi connectivity index (χ1n) is 8.58. The summed E-state index contributed by atoms with van der Waals surface area (Å²) < 4.78 is 27.3. The number of halogens is 2. The number of nitrogens with one attached hydrogen (secondary N) is 1. The van der Waals surface area contributed by atoms with Crippen LogP contribution in [-0.4, -0.2) is 47.7 Å². The van der Waals surface area contributed by atoms with Gasteiger partial charge in [-0.15, -0.1) is 0 Å². The number of aliphatic hydroxyl groups excluding tert-OH is 1. The highest BCUT2D eigenvalue weighted by Gasteiger charge is 2.26. The average molecular weight is 340 g/mol. The van der Waals surface area contributed by atoms with Crippen LogP contribution in [0.5, 0.6) is 0 Å². The maximum absolute atomic E-state index is 13.7. The molecule has 2 N–H and O–H groups in total. The zero-order valence-corrected chi connectivity index (χ0v) is 14.1. The van der Waals surface area contributed by atoms with Gasteiger partial charge < -0.3 is 10.4 Å². The Bertz CT molecular complexity index is 534. The number of carbonyl (C=O) groups is 1. The molecule has 1 saturated heterocycles. The summed E-state index contributed by atoms with van der Waals surface area (Å²) in [4.78, 5) is 14.3. The molecular formula is C18H26F2N2O2. The van der Waals surface area contributed by atoms with Gasteiger partial charge in [0.25, 0.3) is 0 Å². The van der Waals surface area contributed by atoms with Crippen LogP contribution in [0, 0.1) is 11.6 Å². The Labute approximate surface area is 141 Å². The van der Waals surface area contributed by atoms with Crippen LogP contribution < -0.4 is 5.32 Å². The molecule has 0 radical (unpaired) electrons. The zero-order chi connectivity index (χ0) is 17.5. The monoisotopic (exact) mass is 340 g/mol. The van der Waals surface area contributed by atoms with E-state index in [9.17, 15) is 13.6 Å². The molecule has 1 aliphatic heterocycles. The molecule has 0 bridgehead atoms. The summed E-state index contributed by atoms with van der Waals surface area (Å²) in [5, 5.41) is 11.8. The molecule has 4 nitrogen and oxygen atoms in total. The lowest BCUT2D eigenvalue weighted by molar-refractivity contribution is -0.123. The summed E-state index contributed by atoms with van der Waals surface area (Å²) in [5.41, 5.74) is 0.00675. The number of amides is 1. The van der Waals surface area contributed by atoms with Crippen molar-refractivity contribution >= 4 is 5.91 Å². The quantitative estimate of drug-likeness (QED) is 0.763. The van der Waals surface area contributed by atoms with Crippen LogP contribution in [0.25, 0.3) is 0 Å². The molecule has 2 unspecified atom stereocenters. The highest BCUT2D eigenvalue weighted by atomic mass is 19.1. The van der Waals surface area contributed by atoms with E-state index >= 15 is 0 Å². The first kappa shape index (κ1) is 18.8. The van der Waals surface area contributed by atoms with Crippen molar-refractivity contribution in [1.82, 2.24) is 10.2 Å². The van der Waals surface area contributed by atoms with Crippen LogP contribution in [0.3, 0.4) is 0 Å². The van der Waals surface area contributed by atoms with Crippen molar-refractivity contribution in [3.63, 3.8) is 0 Å². The van der Waals surface area contributed by atoms with Crippen molar-refractivity contribution in [1.29, 1.82) is 0 Å². The van der Waals surface area contributed by atoms with Crippen LogP contribution in [0.1, 0.15) is 38.2 Å². The summed E-state index contributed by atoms with van der Waals surface area (Å²) in [5.74, 6) is -1.30. The number of benzene rings is 1. The molecule has 6 heteroatoms. The number of carbonyl (C=O) groups excluding carboxylic acids is 1. The molecule has 1 aliphatic rings. The fraction of sp³-hybridized carbons (Fsp3) is 0.611. The lowest BCUT2D eigenvalue weighted by Gasteiger charge is -2.24. The molecule has 0 aliphatic carbocycles. The van der Waals surface area contributed by atoms with Crippen molar-refractivity contribution < 1.29 is 18.7 Å². The fourth-order valence-corrected chi connectivity index (χ4v) is 3.35. The van der Waals surface area contributed by atoms with E-state index in [0.717, 1.165) is 32.2 Å². The summed E-state index contributed by atoms with van der Waals surface area (Å²) >= 11 is 0. The first-order valence-corrected chi connectivity index (χ1v) is 8.58. The van der Waals surface area contributed by atoms with Crippen LogP contribution in [0.4, 0.5) is 8.78 Å². The van der Waals surface area contributed by atoms with Gasteiger partial charge in [-0.05, 0) is 57.7 Å². The molecule has 2 rings (SSSR count). The third-order valence-electron chi connectivity index (χ3n) is 4.52. The Morgan fingerprint density at radius 3 is 2.79 bits per heavy atom. The Kier molecular flexibility index (Phi) is 7.12. The van der Waals surface area contributed by atoms with Crippen LogP contribution in [0.15, 0.2) is 18.2 Å². The van der Waals surface area contributed by atoms with E-state index in [-0.39, 0.29) is 30.5 Å². The van der Waals surface area contributed by atoms with E-state index in [0.29, 0.717) is 12.6 Å². The van der Waals surface area contributed by atoms with Crippen LogP contribution in [0.2, 0.25) is 0 Å². The Morgan fingerprint density at radius 2 is 2.12 bits per heavy atom. The Morgan fingerprint density at radius 1 is 1.42 bits per heavy atom. The van der Waals surface area contributed by atoms with E-state index in [1.54, 1.807) is 6.92 Å². The first-order chi connectivity index (χ1) is 11.5. The normalized spacial score (nSPS) is 19.4. The van der Waals surface area contributed by atoms with Gasteiger partial charge in [-0.25, -0.2) is 8.78 Å². The summed E-state index contributed by atoms with van der Waals surface area (Å²) in [6.45, 7) is 3.08. The minimum atomic E-state index is -0.584. The van der Waals surface area contributed by atoms with E-state index in [1.807, 2.05) is 0 Å². The highest BCUT2D eigenvalue weighted by molar-refractivity contribution is 5.78. The molecule has 0 saturated carbocycles. The summed E-state index contributed by atoms with van der Waals surface area (Å²) in [6.07, 6.45) is 3.85. The van der Waals surface area contributed by atoms with Gasteiger partial charge in [-0.3, -0.25) is 9.69 Å². The molecule has 2 atom stereocenters. The molecular weight excluding hydrogens is 314 g/mol. The molecule has 1 amide bonds. The van der Waals surface area contributed by atoms with Crippen LogP contribution >= 0.6 is 0 Å². The van der Waals surface area contributed by atoms with Gasteiger partial charge in [0.2, 0.25) is 5.91 Å². The van der Waals surface area contributed by atoms with E-state index in [1.165, 1.54) is 18.2 Å². The lowest BCUT2D eigenvalue weighted by Crippen LogP contribution is -2.43. The second kappa shape index (κ2) is 9.08. The largest absolute Gasteiger partial charge is 0.396 e. The van der Waals surface area contributed by atoms with Crippen LogP contribution in [-0.2, 0) is 11.2 Å². The van der Waals surface area contributed by atoms with E-state index in [2.05, 4.69) is 10.2 Å². The SMILES string of the molecule is CC(Cc1c(F)cccc1F)NC(=O)CN1CCCC1CCCO. The van der Waals surface area contributed by atoms with Crippen molar-refractivity contribution in [3.05, 3.63) is 35.4 Å². The van der Waals surface area contributed by atoms with Gasteiger partial charge in [-0.1, -0.05) is 6.07 Å². The van der Waals surface area contributed by atoms with E-state index in [4.69, 9.17) is 5.11 Å². The predicted molar refractivity (Wildman–Crippen MR) is 88.6 cm³/mol. The van der Waals surface area contributed by atoms with Crippen molar-refractivity contribution in [2.45, 2.75) is 51.1 Å². The fourth-order valence-electron chi connectivity index (χ4n) is 3.35. The number of likely N-dealkylation sites (tertiary alicyclic amines) is 1. The number of hydrogen-bond donors (Lipinski definition) is 2. The molecule has 1 heterocycles. The van der Waals surface area contributed by atoms with E-state index < -0.39 is 11.6 Å². The van der Waals surface area contributed by atoms with Crippen molar-refractivity contribution in [3.8, 4) is 0 Å². The molecule has 134 valence electrons. The second-order valence-corrected chi connectivity index (χ2v) is 6.51. The molecule has 1 fully saturated rings. The van der Waals surface area contributed by atoms with Crippen molar-refractivity contribution in [2.75, 3.05) is 19.7 Å². The summed E-state index contributed by atoms with van der Waals surface area (Å²) in [7, 11) is 0. The Balaban J connectivity index is 1.83. The third kappa shape index (κ3) is 5.24. The molecule has 0 spiro atoms. The topological polar surface area (TPSA) is 52.6 Å². The van der Waals surface area contributed by atoms with Gasteiger partial charge in [0, 0.05) is 24.3 Å². The maximum Gasteiger partial charge on any atom is 0.234 e. The second-order valence-electron chi connectivity index (χ2n) is 6.51. The molecule has 24 heavy (non-hydrogen) atoms.